The normalized spacial score (nSPS) is 23.0. The lowest BCUT2D eigenvalue weighted by molar-refractivity contribution is 0.450. The monoisotopic (exact) mass is 222 g/mol. The zero-order chi connectivity index (χ0) is 10.3. The second-order valence-corrected chi connectivity index (χ2v) is 6.25. The molecule has 0 spiro atoms. The van der Waals surface area contributed by atoms with Gasteiger partial charge in [0.05, 0.1) is 10.7 Å². The molecule has 1 aromatic heterocycles. The number of nitrogens with zero attached hydrogens (tertiary/aromatic N) is 1. The zero-order valence-electron chi connectivity index (χ0n) is 9.25. The van der Waals surface area contributed by atoms with Crippen LogP contribution in [-0.4, -0.2) is 17.6 Å². The number of aromatic nitrogens is 1. The van der Waals surface area contributed by atoms with Crippen molar-refractivity contribution in [2.75, 3.05) is 6.54 Å². The van der Waals surface area contributed by atoms with Gasteiger partial charge in [-0.2, -0.15) is 0 Å². The van der Waals surface area contributed by atoms with Crippen LogP contribution < -0.4 is 5.32 Å². The molecule has 0 radical (unpaired) electrons. The fourth-order valence-electron chi connectivity index (χ4n) is 2.11. The number of hydrogen-bond donors (Lipinski definition) is 1. The van der Waals surface area contributed by atoms with E-state index in [4.69, 9.17) is 0 Å². The summed E-state index contributed by atoms with van der Waals surface area (Å²) in [5.74, 6) is 0. The van der Waals surface area contributed by atoms with Gasteiger partial charge in [-0.3, -0.25) is 0 Å². The number of thiazole rings is 1. The molecule has 2 aliphatic rings. The highest BCUT2D eigenvalue weighted by Crippen LogP contribution is 2.48. The third-order valence-corrected chi connectivity index (χ3v) is 4.35. The van der Waals surface area contributed by atoms with Crippen LogP contribution in [0.15, 0.2) is 5.38 Å². The molecule has 2 aliphatic carbocycles. The van der Waals surface area contributed by atoms with Gasteiger partial charge in [-0.1, -0.05) is 0 Å². The molecule has 15 heavy (non-hydrogen) atoms. The second-order valence-electron chi connectivity index (χ2n) is 5.19. The lowest BCUT2D eigenvalue weighted by atomic mass is 10.0. The zero-order valence-corrected chi connectivity index (χ0v) is 10.1. The summed E-state index contributed by atoms with van der Waals surface area (Å²) in [7, 11) is 0. The third kappa shape index (κ3) is 2.40. The summed E-state index contributed by atoms with van der Waals surface area (Å²) in [5, 5.41) is 7.10. The Kier molecular flexibility index (Phi) is 2.33. The molecule has 0 aromatic carbocycles. The van der Waals surface area contributed by atoms with Crippen molar-refractivity contribution >= 4 is 11.3 Å². The van der Waals surface area contributed by atoms with Crippen LogP contribution in [-0.2, 0) is 6.42 Å². The largest absolute Gasteiger partial charge is 0.313 e. The maximum absolute atomic E-state index is 4.57. The molecule has 3 rings (SSSR count). The molecular formula is C12H18N2S. The molecule has 2 nitrogen and oxygen atoms in total. The Morgan fingerprint density at radius 1 is 1.53 bits per heavy atom. The molecule has 1 aromatic rings. The van der Waals surface area contributed by atoms with Crippen molar-refractivity contribution in [3.05, 3.63) is 16.1 Å². The van der Waals surface area contributed by atoms with Crippen LogP contribution in [0.1, 0.15) is 36.4 Å². The standard InChI is InChI=1S/C12H18N2S/c1-9-14-11(7-15-9)6-12(4-5-12)8-13-10-2-3-10/h7,10,13H,2-6,8H2,1H3. The van der Waals surface area contributed by atoms with Crippen LogP contribution in [0, 0.1) is 12.3 Å². The van der Waals surface area contributed by atoms with Crippen LogP contribution in [0.2, 0.25) is 0 Å². The molecule has 2 fully saturated rings. The quantitative estimate of drug-likeness (QED) is 0.828. The maximum Gasteiger partial charge on any atom is 0.0897 e. The van der Waals surface area contributed by atoms with Gasteiger partial charge >= 0.3 is 0 Å². The van der Waals surface area contributed by atoms with E-state index in [0.29, 0.717) is 5.41 Å². The predicted molar refractivity (Wildman–Crippen MR) is 63.2 cm³/mol. The molecule has 1 heterocycles. The highest BCUT2D eigenvalue weighted by molar-refractivity contribution is 7.09. The molecule has 2 saturated carbocycles. The Hall–Kier alpha value is -0.410. The molecule has 0 amide bonds. The summed E-state index contributed by atoms with van der Waals surface area (Å²) in [6, 6.07) is 0.847. The van der Waals surface area contributed by atoms with E-state index in [0.717, 1.165) is 6.04 Å². The van der Waals surface area contributed by atoms with Gasteiger partial charge in [0.1, 0.15) is 0 Å². The summed E-state index contributed by atoms with van der Waals surface area (Å²) in [6.45, 7) is 3.31. The fourth-order valence-corrected chi connectivity index (χ4v) is 2.73. The van der Waals surface area contributed by atoms with Crippen LogP contribution in [0.5, 0.6) is 0 Å². The fraction of sp³-hybridized carbons (Fsp3) is 0.750. The van der Waals surface area contributed by atoms with Crippen LogP contribution in [0.4, 0.5) is 0 Å². The van der Waals surface area contributed by atoms with E-state index < -0.39 is 0 Å². The smallest absolute Gasteiger partial charge is 0.0897 e. The van der Waals surface area contributed by atoms with Gasteiger partial charge in [-0.05, 0) is 44.4 Å². The number of nitrogens with one attached hydrogen (secondary N) is 1. The van der Waals surface area contributed by atoms with Crippen LogP contribution in [0.3, 0.4) is 0 Å². The Morgan fingerprint density at radius 2 is 2.33 bits per heavy atom. The predicted octanol–water partition coefficient (Wildman–Crippen LogP) is 2.53. The first-order valence-electron chi connectivity index (χ1n) is 5.90. The molecule has 0 unspecified atom stereocenters. The molecule has 0 atom stereocenters. The van der Waals surface area contributed by atoms with Crippen molar-refractivity contribution in [1.29, 1.82) is 0 Å². The molecule has 3 heteroatoms. The van der Waals surface area contributed by atoms with E-state index in [9.17, 15) is 0 Å². The van der Waals surface area contributed by atoms with E-state index in [1.807, 2.05) is 0 Å². The summed E-state index contributed by atoms with van der Waals surface area (Å²) < 4.78 is 0. The lowest BCUT2D eigenvalue weighted by Gasteiger charge is -2.14. The van der Waals surface area contributed by atoms with Gasteiger partial charge in [-0.15, -0.1) is 11.3 Å². The number of hydrogen-bond acceptors (Lipinski definition) is 3. The SMILES string of the molecule is Cc1nc(CC2(CNC3CC3)CC2)cs1. The third-order valence-electron chi connectivity index (χ3n) is 3.52. The highest BCUT2D eigenvalue weighted by Gasteiger charge is 2.43. The van der Waals surface area contributed by atoms with E-state index in [1.165, 1.54) is 49.4 Å². The summed E-state index contributed by atoms with van der Waals surface area (Å²) in [5.41, 5.74) is 1.89. The van der Waals surface area contributed by atoms with Crippen molar-refractivity contribution in [1.82, 2.24) is 10.3 Å². The molecule has 0 saturated heterocycles. The van der Waals surface area contributed by atoms with Crippen molar-refractivity contribution < 1.29 is 0 Å². The molecule has 82 valence electrons. The van der Waals surface area contributed by atoms with Gasteiger partial charge in [0.25, 0.3) is 0 Å². The first-order valence-corrected chi connectivity index (χ1v) is 6.78. The van der Waals surface area contributed by atoms with E-state index >= 15 is 0 Å². The minimum absolute atomic E-state index is 0.573. The molecule has 1 N–H and O–H groups in total. The van der Waals surface area contributed by atoms with Gasteiger partial charge in [-0.25, -0.2) is 4.98 Å². The summed E-state index contributed by atoms with van der Waals surface area (Å²) in [6.07, 6.45) is 6.77. The van der Waals surface area contributed by atoms with Crippen molar-refractivity contribution in [3.63, 3.8) is 0 Å². The van der Waals surface area contributed by atoms with Crippen LogP contribution >= 0.6 is 11.3 Å². The van der Waals surface area contributed by atoms with Gasteiger partial charge in [0.15, 0.2) is 0 Å². The topological polar surface area (TPSA) is 24.9 Å². The number of rotatable bonds is 5. The van der Waals surface area contributed by atoms with Crippen molar-refractivity contribution in [3.8, 4) is 0 Å². The minimum Gasteiger partial charge on any atom is -0.313 e. The van der Waals surface area contributed by atoms with E-state index in [1.54, 1.807) is 11.3 Å². The number of aryl methyl sites for hydroxylation is 1. The lowest BCUT2D eigenvalue weighted by Crippen LogP contribution is -2.27. The maximum atomic E-state index is 4.57. The average molecular weight is 222 g/mol. The van der Waals surface area contributed by atoms with Crippen molar-refractivity contribution in [2.45, 2.75) is 45.1 Å². The Bertz CT molecular complexity index is 350. The minimum atomic E-state index is 0.573. The highest BCUT2D eigenvalue weighted by atomic mass is 32.1. The van der Waals surface area contributed by atoms with Gasteiger partial charge in [0, 0.05) is 18.0 Å². The van der Waals surface area contributed by atoms with Gasteiger partial charge in [0.2, 0.25) is 0 Å². The summed E-state index contributed by atoms with van der Waals surface area (Å²) in [4.78, 5) is 4.57. The van der Waals surface area contributed by atoms with E-state index in [-0.39, 0.29) is 0 Å². The first kappa shape index (κ1) is 9.79. The Morgan fingerprint density at radius 3 is 2.87 bits per heavy atom. The van der Waals surface area contributed by atoms with E-state index in [2.05, 4.69) is 22.6 Å². The molecule has 0 aliphatic heterocycles. The first-order chi connectivity index (χ1) is 7.26. The molecule has 0 bridgehead atoms. The second kappa shape index (κ2) is 3.56. The Labute approximate surface area is 95.1 Å². The Balaban J connectivity index is 1.56. The van der Waals surface area contributed by atoms with Crippen molar-refractivity contribution in [2.24, 2.45) is 5.41 Å². The summed E-state index contributed by atoms with van der Waals surface area (Å²) >= 11 is 1.78. The van der Waals surface area contributed by atoms with Crippen LogP contribution in [0.25, 0.3) is 0 Å². The molecular weight excluding hydrogens is 204 g/mol. The average Bonchev–Trinajstić information content (AvgIpc) is 3.08. The van der Waals surface area contributed by atoms with Gasteiger partial charge < -0.3 is 5.32 Å².